The molecule has 0 aliphatic heterocycles. The first-order chi connectivity index (χ1) is 6.24. The summed E-state index contributed by atoms with van der Waals surface area (Å²) in [4.78, 5) is 11.4. The van der Waals surface area contributed by atoms with Gasteiger partial charge in [0.25, 0.3) is 0 Å². The molecule has 0 N–H and O–H groups in total. The van der Waals surface area contributed by atoms with Crippen molar-refractivity contribution in [2.24, 2.45) is 0 Å². The molecule has 66 valence electrons. The largest absolute Gasteiger partial charge is 0.298 e. The second-order valence-electron chi connectivity index (χ2n) is 2.58. The first-order valence-electron chi connectivity index (χ1n) is 3.58. The molecule has 1 heterocycles. The van der Waals surface area contributed by atoms with E-state index in [1.165, 1.54) is 11.3 Å². The SMILES string of the molecule is O=Cc1c(S)c(Cl)cc2ccsc12. The zero-order valence-electron chi connectivity index (χ0n) is 6.45. The van der Waals surface area contributed by atoms with Gasteiger partial charge in [0.2, 0.25) is 0 Å². The normalized spacial score (nSPS) is 10.6. The molecule has 0 unspecified atom stereocenters. The van der Waals surface area contributed by atoms with Crippen LogP contribution in [0.4, 0.5) is 0 Å². The smallest absolute Gasteiger partial charge is 0.152 e. The molecule has 1 aromatic heterocycles. The summed E-state index contributed by atoms with van der Waals surface area (Å²) in [6.07, 6.45) is 0.799. The van der Waals surface area contributed by atoms with Crippen molar-refractivity contribution in [2.45, 2.75) is 4.90 Å². The highest BCUT2D eigenvalue weighted by Gasteiger charge is 2.09. The zero-order chi connectivity index (χ0) is 9.42. The van der Waals surface area contributed by atoms with Crippen LogP contribution in [0, 0.1) is 0 Å². The van der Waals surface area contributed by atoms with Crippen LogP contribution in [-0.2, 0) is 0 Å². The number of carbonyl (C=O) groups is 1. The molecule has 0 spiro atoms. The van der Waals surface area contributed by atoms with Gasteiger partial charge in [0.15, 0.2) is 6.29 Å². The van der Waals surface area contributed by atoms with Crippen LogP contribution in [0.3, 0.4) is 0 Å². The third-order valence-electron chi connectivity index (χ3n) is 1.82. The standard InChI is InChI=1S/C9H5ClOS2/c10-7-3-5-1-2-13-9(5)6(4-11)8(7)12/h1-4,12H. The number of fused-ring (bicyclic) bond motifs is 1. The molecule has 13 heavy (non-hydrogen) atoms. The van der Waals surface area contributed by atoms with Gasteiger partial charge in [-0.3, -0.25) is 4.79 Å². The van der Waals surface area contributed by atoms with Gasteiger partial charge in [-0.25, -0.2) is 0 Å². The number of hydrogen-bond acceptors (Lipinski definition) is 3. The predicted molar refractivity (Wildman–Crippen MR) is 59.5 cm³/mol. The van der Waals surface area contributed by atoms with Crippen molar-refractivity contribution in [2.75, 3.05) is 0 Å². The van der Waals surface area contributed by atoms with Crippen LogP contribution in [0.25, 0.3) is 10.1 Å². The van der Waals surface area contributed by atoms with Crippen molar-refractivity contribution < 1.29 is 4.79 Å². The Hall–Kier alpha value is -0.510. The van der Waals surface area contributed by atoms with Gasteiger partial charge in [0.05, 0.1) is 5.02 Å². The monoisotopic (exact) mass is 228 g/mol. The molecule has 4 heteroatoms. The highest BCUT2D eigenvalue weighted by atomic mass is 35.5. The minimum absolute atomic E-state index is 0.524. The number of aldehydes is 1. The minimum Gasteiger partial charge on any atom is -0.298 e. The molecule has 0 aliphatic carbocycles. The van der Waals surface area contributed by atoms with Gasteiger partial charge in [-0.2, -0.15) is 0 Å². The highest BCUT2D eigenvalue weighted by Crippen LogP contribution is 2.33. The number of thiophene rings is 1. The Balaban J connectivity index is 2.95. The molecule has 0 saturated carbocycles. The van der Waals surface area contributed by atoms with Crippen LogP contribution in [0.5, 0.6) is 0 Å². The second kappa shape index (κ2) is 3.33. The summed E-state index contributed by atoms with van der Waals surface area (Å²) >= 11 is 11.6. The Bertz CT molecular complexity index is 476. The number of hydrogen-bond donors (Lipinski definition) is 1. The molecule has 0 aliphatic rings. The minimum atomic E-state index is 0.524. The van der Waals surface area contributed by atoms with Crippen LogP contribution in [0.15, 0.2) is 22.4 Å². The van der Waals surface area contributed by atoms with E-state index in [1.807, 2.05) is 17.5 Å². The number of halogens is 1. The maximum atomic E-state index is 10.8. The fraction of sp³-hybridized carbons (Fsp3) is 0. The maximum absolute atomic E-state index is 10.8. The van der Waals surface area contributed by atoms with Gasteiger partial charge < -0.3 is 0 Å². The molecule has 2 aromatic rings. The molecule has 0 fully saturated rings. The lowest BCUT2D eigenvalue weighted by Gasteiger charge is -2.01. The fourth-order valence-electron chi connectivity index (χ4n) is 1.20. The van der Waals surface area contributed by atoms with Gasteiger partial charge in [0.1, 0.15) is 0 Å². The van der Waals surface area contributed by atoms with Gasteiger partial charge in [-0.1, -0.05) is 11.6 Å². The summed E-state index contributed by atoms with van der Waals surface area (Å²) in [6, 6.07) is 3.76. The quantitative estimate of drug-likeness (QED) is 0.582. The fourth-order valence-corrected chi connectivity index (χ4v) is 2.62. The summed E-state index contributed by atoms with van der Waals surface area (Å²) in [5, 5.41) is 3.45. The molecule has 1 nitrogen and oxygen atoms in total. The Labute approximate surface area is 89.7 Å². The van der Waals surface area contributed by atoms with E-state index in [0.29, 0.717) is 15.5 Å². The zero-order valence-corrected chi connectivity index (χ0v) is 8.92. The first kappa shape index (κ1) is 9.06. The molecule has 1 aromatic carbocycles. The lowest BCUT2D eigenvalue weighted by Crippen LogP contribution is -1.84. The van der Waals surface area contributed by atoms with E-state index in [1.54, 1.807) is 0 Å². The van der Waals surface area contributed by atoms with E-state index in [0.717, 1.165) is 16.4 Å². The van der Waals surface area contributed by atoms with E-state index >= 15 is 0 Å². The molecular formula is C9H5ClOS2. The maximum Gasteiger partial charge on any atom is 0.152 e. The van der Waals surface area contributed by atoms with Crippen LogP contribution in [0.1, 0.15) is 10.4 Å². The Morgan fingerprint density at radius 1 is 1.54 bits per heavy atom. The van der Waals surface area contributed by atoms with Crippen molar-refractivity contribution in [1.82, 2.24) is 0 Å². The summed E-state index contributed by atoms with van der Waals surface area (Å²) < 4.78 is 0.949. The predicted octanol–water partition coefficient (Wildman–Crippen LogP) is 3.66. The van der Waals surface area contributed by atoms with Gasteiger partial charge in [-0.15, -0.1) is 24.0 Å². The third-order valence-corrected chi connectivity index (χ3v) is 3.70. The van der Waals surface area contributed by atoms with Gasteiger partial charge in [-0.05, 0) is 22.9 Å². The molecule has 0 radical (unpaired) electrons. The lowest BCUT2D eigenvalue weighted by molar-refractivity contribution is 0.112. The first-order valence-corrected chi connectivity index (χ1v) is 5.28. The molecule has 0 amide bonds. The number of rotatable bonds is 1. The van der Waals surface area contributed by atoms with Crippen molar-refractivity contribution in [3.63, 3.8) is 0 Å². The van der Waals surface area contributed by atoms with Crippen LogP contribution in [-0.4, -0.2) is 6.29 Å². The summed E-state index contributed by atoms with van der Waals surface area (Å²) in [6.45, 7) is 0. The van der Waals surface area contributed by atoms with Crippen LogP contribution >= 0.6 is 35.6 Å². The van der Waals surface area contributed by atoms with Crippen molar-refractivity contribution in [3.8, 4) is 0 Å². The molecule has 0 bridgehead atoms. The number of thiol groups is 1. The lowest BCUT2D eigenvalue weighted by atomic mass is 10.2. The third kappa shape index (κ3) is 1.37. The van der Waals surface area contributed by atoms with Crippen LogP contribution < -0.4 is 0 Å². The summed E-state index contributed by atoms with van der Waals surface area (Å²) in [5.41, 5.74) is 0.584. The van der Waals surface area contributed by atoms with Gasteiger partial charge in [0, 0.05) is 15.2 Å². The van der Waals surface area contributed by atoms with Crippen LogP contribution in [0.2, 0.25) is 5.02 Å². The van der Waals surface area contributed by atoms with E-state index in [9.17, 15) is 4.79 Å². The van der Waals surface area contributed by atoms with Crippen molar-refractivity contribution >= 4 is 51.9 Å². The summed E-state index contributed by atoms with van der Waals surface area (Å²) in [5.74, 6) is 0. The van der Waals surface area contributed by atoms with E-state index < -0.39 is 0 Å². The average molecular weight is 229 g/mol. The molecule has 0 saturated heterocycles. The van der Waals surface area contributed by atoms with Crippen molar-refractivity contribution in [3.05, 3.63) is 28.1 Å². The molecular weight excluding hydrogens is 224 g/mol. The highest BCUT2D eigenvalue weighted by molar-refractivity contribution is 7.80. The number of benzene rings is 1. The van der Waals surface area contributed by atoms with E-state index in [-0.39, 0.29) is 0 Å². The Kier molecular flexibility index (Phi) is 2.32. The Morgan fingerprint density at radius 2 is 2.31 bits per heavy atom. The average Bonchev–Trinajstić information content (AvgIpc) is 2.54. The van der Waals surface area contributed by atoms with Gasteiger partial charge >= 0.3 is 0 Å². The second-order valence-corrected chi connectivity index (χ2v) is 4.35. The topological polar surface area (TPSA) is 17.1 Å². The molecule has 0 atom stereocenters. The van der Waals surface area contributed by atoms with E-state index in [4.69, 9.17) is 11.6 Å². The van der Waals surface area contributed by atoms with Crippen molar-refractivity contribution in [1.29, 1.82) is 0 Å². The van der Waals surface area contributed by atoms with E-state index in [2.05, 4.69) is 12.6 Å². The molecule has 2 rings (SSSR count). The Morgan fingerprint density at radius 3 is 3.00 bits per heavy atom. The summed E-state index contributed by atoms with van der Waals surface area (Å²) in [7, 11) is 0. The number of carbonyl (C=O) groups excluding carboxylic acids is 1.